The van der Waals surface area contributed by atoms with E-state index in [-0.39, 0.29) is 0 Å². The molecule has 0 aliphatic carbocycles. The molecule has 3 rings (SSSR count). The van der Waals surface area contributed by atoms with Gasteiger partial charge in [-0.3, -0.25) is 0 Å². The predicted octanol–water partition coefficient (Wildman–Crippen LogP) is 2.24. The van der Waals surface area contributed by atoms with Crippen LogP contribution in [-0.2, 0) is 12.1 Å². The Morgan fingerprint density at radius 3 is 2.95 bits per heavy atom. The van der Waals surface area contributed by atoms with Gasteiger partial charge in [0.2, 0.25) is 0 Å². The minimum Gasteiger partial charge on any atom is -0.355 e. The zero-order chi connectivity index (χ0) is 14.2. The van der Waals surface area contributed by atoms with Crippen LogP contribution in [0.3, 0.4) is 0 Å². The second-order valence-electron chi connectivity index (χ2n) is 5.18. The maximum atomic E-state index is 5.98. The standard InChI is InChI=1S/C13H15N5OS/c1-13(2,14)12-8-18(17-15-12)7-9-6-10(19-16-9)11-4-3-5-20-11/h3-6,8H,7,14H2,1-2H3. The van der Waals surface area contributed by atoms with Crippen LogP contribution >= 0.6 is 11.3 Å². The molecule has 0 aromatic carbocycles. The molecule has 6 nitrogen and oxygen atoms in total. The molecule has 0 spiro atoms. The van der Waals surface area contributed by atoms with E-state index in [1.54, 1.807) is 16.0 Å². The molecule has 0 unspecified atom stereocenters. The molecular formula is C13H15N5OS. The first-order valence-electron chi connectivity index (χ1n) is 6.21. The minimum absolute atomic E-state index is 0.496. The lowest BCUT2D eigenvalue weighted by Gasteiger charge is -2.13. The predicted molar refractivity (Wildman–Crippen MR) is 76.2 cm³/mol. The van der Waals surface area contributed by atoms with Crippen LogP contribution < -0.4 is 5.73 Å². The van der Waals surface area contributed by atoms with Crippen molar-refractivity contribution in [2.45, 2.75) is 25.9 Å². The zero-order valence-electron chi connectivity index (χ0n) is 11.3. The number of rotatable bonds is 4. The Balaban J connectivity index is 1.77. The number of thiophene rings is 1. The molecule has 2 N–H and O–H groups in total. The third kappa shape index (κ3) is 2.63. The van der Waals surface area contributed by atoms with E-state index in [2.05, 4.69) is 15.5 Å². The van der Waals surface area contributed by atoms with Crippen LogP contribution in [0.15, 0.2) is 34.3 Å². The highest BCUT2D eigenvalue weighted by molar-refractivity contribution is 7.13. The first-order valence-corrected chi connectivity index (χ1v) is 7.09. The van der Waals surface area contributed by atoms with Gasteiger partial charge in [0.05, 0.1) is 23.2 Å². The summed E-state index contributed by atoms with van der Waals surface area (Å²) >= 11 is 1.62. The lowest BCUT2D eigenvalue weighted by Crippen LogP contribution is -2.29. The number of nitrogens with zero attached hydrogens (tertiary/aromatic N) is 4. The summed E-state index contributed by atoms with van der Waals surface area (Å²) < 4.78 is 7.04. The molecule has 0 aliphatic rings. The molecule has 0 atom stereocenters. The summed E-state index contributed by atoms with van der Waals surface area (Å²) in [6.07, 6.45) is 1.83. The van der Waals surface area contributed by atoms with Crippen molar-refractivity contribution in [2.75, 3.05) is 0 Å². The summed E-state index contributed by atoms with van der Waals surface area (Å²) in [5.41, 5.74) is 7.04. The lowest BCUT2D eigenvalue weighted by molar-refractivity contribution is 0.419. The lowest BCUT2D eigenvalue weighted by atomic mass is 10.0. The minimum atomic E-state index is -0.496. The van der Waals surface area contributed by atoms with Gasteiger partial charge in [0, 0.05) is 6.07 Å². The van der Waals surface area contributed by atoms with E-state index in [4.69, 9.17) is 10.3 Å². The highest BCUT2D eigenvalue weighted by Crippen LogP contribution is 2.25. The Morgan fingerprint density at radius 2 is 2.30 bits per heavy atom. The smallest absolute Gasteiger partial charge is 0.177 e. The first kappa shape index (κ1) is 13.0. The number of aromatic nitrogens is 4. The third-order valence-electron chi connectivity index (χ3n) is 2.85. The number of hydrogen-bond acceptors (Lipinski definition) is 6. The van der Waals surface area contributed by atoms with E-state index < -0.39 is 5.54 Å². The molecule has 0 bridgehead atoms. The Labute approximate surface area is 120 Å². The average Bonchev–Trinajstić information content (AvgIpc) is 3.08. The first-order chi connectivity index (χ1) is 9.52. The average molecular weight is 289 g/mol. The fourth-order valence-corrected chi connectivity index (χ4v) is 2.43. The van der Waals surface area contributed by atoms with Gasteiger partial charge in [0.1, 0.15) is 11.4 Å². The second kappa shape index (κ2) is 4.84. The fraction of sp³-hybridized carbons (Fsp3) is 0.308. The Kier molecular flexibility index (Phi) is 3.15. The molecule has 0 aliphatic heterocycles. The highest BCUT2D eigenvalue weighted by Gasteiger charge is 2.18. The van der Waals surface area contributed by atoms with E-state index in [9.17, 15) is 0 Å². The summed E-state index contributed by atoms with van der Waals surface area (Å²) in [5.74, 6) is 0.773. The van der Waals surface area contributed by atoms with Crippen molar-refractivity contribution in [3.8, 4) is 10.6 Å². The molecule has 0 radical (unpaired) electrons. The summed E-state index contributed by atoms with van der Waals surface area (Å²) in [6, 6.07) is 5.90. The normalized spacial score (nSPS) is 11.9. The SMILES string of the molecule is CC(C)(N)c1cn(Cc2cc(-c3cccs3)on2)nn1. The van der Waals surface area contributed by atoms with Gasteiger partial charge in [-0.25, -0.2) is 4.68 Å². The molecule has 7 heteroatoms. The molecule has 3 aromatic rings. The highest BCUT2D eigenvalue weighted by atomic mass is 32.1. The van der Waals surface area contributed by atoms with Crippen molar-refractivity contribution in [2.24, 2.45) is 5.73 Å². The van der Waals surface area contributed by atoms with E-state index >= 15 is 0 Å². The topological polar surface area (TPSA) is 82.8 Å². The van der Waals surface area contributed by atoms with Gasteiger partial charge in [-0.1, -0.05) is 16.4 Å². The van der Waals surface area contributed by atoms with Gasteiger partial charge >= 0.3 is 0 Å². The zero-order valence-corrected chi connectivity index (χ0v) is 12.1. The number of hydrogen-bond donors (Lipinski definition) is 1. The van der Waals surface area contributed by atoms with Crippen molar-refractivity contribution in [3.05, 3.63) is 41.2 Å². The summed E-state index contributed by atoms with van der Waals surface area (Å²) in [6.45, 7) is 4.30. The van der Waals surface area contributed by atoms with Crippen molar-refractivity contribution >= 4 is 11.3 Å². The molecule has 0 fully saturated rings. The van der Waals surface area contributed by atoms with Gasteiger partial charge in [0.25, 0.3) is 0 Å². The van der Waals surface area contributed by atoms with Crippen LogP contribution in [-0.4, -0.2) is 20.2 Å². The van der Waals surface area contributed by atoms with Crippen LogP contribution in [0.5, 0.6) is 0 Å². The molecule has 0 saturated heterocycles. The molecule has 3 aromatic heterocycles. The quantitative estimate of drug-likeness (QED) is 0.796. The van der Waals surface area contributed by atoms with Crippen LogP contribution in [0.1, 0.15) is 25.2 Å². The Hall–Kier alpha value is -1.99. The Bertz CT molecular complexity index is 692. The van der Waals surface area contributed by atoms with E-state index in [0.29, 0.717) is 6.54 Å². The maximum absolute atomic E-state index is 5.98. The molecule has 0 saturated carbocycles. The van der Waals surface area contributed by atoms with Crippen molar-refractivity contribution < 1.29 is 4.52 Å². The number of nitrogens with two attached hydrogens (primary N) is 1. The van der Waals surface area contributed by atoms with Crippen LogP contribution in [0.25, 0.3) is 10.6 Å². The van der Waals surface area contributed by atoms with Crippen molar-refractivity contribution in [3.63, 3.8) is 0 Å². The van der Waals surface area contributed by atoms with Crippen molar-refractivity contribution in [1.82, 2.24) is 20.2 Å². The molecule has 3 heterocycles. The largest absolute Gasteiger partial charge is 0.355 e. The van der Waals surface area contributed by atoms with Crippen LogP contribution in [0.4, 0.5) is 0 Å². The van der Waals surface area contributed by atoms with Gasteiger partial charge in [-0.2, -0.15) is 0 Å². The Morgan fingerprint density at radius 1 is 1.45 bits per heavy atom. The van der Waals surface area contributed by atoms with E-state index in [1.165, 1.54) is 0 Å². The monoisotopic (exact) mass is 289 g/mol. The summed E-state index contributed by atoms with van der Waals surface area (Å²) in [4.78, 5) is 1.06. The maximum Gasteiger partial charge on any atom is 0.177 e. The van der Waals surface area contributed by atoms with E-state index in [1.807, 2.05) is 43.6 Å². The molecule has 20 heavy (non-hydrogen) atoms. The molecular weight excluding hydrogens is 274 g/mol. The molecule has 104 valence electrons. The third-order valence-corrected chi connectivity index (χ3v) is 3.73. The summed E-state index contributed by atoms with van der Waals surface area (Å²) in [5, 5.41) is 14.2. The van der Waals surface area contributed by atoms with Gasteiger partial charge < -0.3 is 10.3 Å². The second-order valence-corrected chi connectivity index (χ2v) is 6.13. The van der Waals surface area contributed by atoms with Crippen molar-refractivity contribution in [1.29, 1.82) is 0 Å². The van der Waals surface area contributed by atoms with Gasteiger partial charge in [-0.15, -0.1) is 16.4 Å². The van der Waals surface area contributed by atoms with Crippen LogP contribution in [0.2, 0.25) is 0 Å². The van der Waals surface area contributed by atoms with E-state index in [0.717, 1.165) is 22.0 Å². The van der Waals surface area contributed by atoms with Gasteiger partial charge in [0.15, 0.2) is 5.76 Å². The summed E-state index contributed by atoms with van der Waals surface area (Å²) in [7, 11) is 0. The van der Waals surface area contributed by atoms with Crippen LogP contribution in [0, 0.1) is 0 Å². The molecule has 0 amide bonds. The van der Waals surface area contributed by atoms with Gasteiger partial charge in [-0.05, 0) is 25.3 Å². The fourth-order valence-electron chi connectivity index (χ4n) is 1.76.